The number of carbonyl (C=O) groups excluding carboxylic acids is 1. The van der Waals surface area contributed by atoms with Gasteiger partial charge in [-0.3, -0.25) is 9.88 Å². The molecule has 1 atom stereocenters. The van der Waals surface area contributed by atoms with E-state index in [1.54, 1.807) is 17.3 Å². The molecule has 98 valence electrons. The summed E-state index contributed by atoms with van der Waals surface area (Å²) in [5, 5.41) is 0. The lowest BCUT2D eigenvalue weighted by Gasteiger charge is -2.28. The van der Waals surface area contributed by atoms with Gasteiger partial charge >= 0.3 is 6.09 Å². The van der Waals surface area contributed by atoms with Gasteiger partial charge in [0, 0.05) is 18.9 Å². The van der Waals surface area contributed by atoms with Gasteiger partial charge in [0.25, 0.3) is 0 Å². The van der Waals surface area contributed by atoms with E-state index in [2.05, 4.69) is 4.98 Å². The summed E-state index contributed by atoms with van der Waals surface area (Å²) in [6, 6.07) is 1.80. The molecule has 1 unspecified atom stereocenters. The van der Waals surface area contributed by atoms with Crippen molar-refractivity contribution >= 4 is 6.09 Å². The molecule has 2 N–H and O–H groups in total. The first-order valence-corrected chi connectivity index (χ1v) is 6.05. The van der Waals surface area contributed by atoms with Crippen LogP contribution < -0.4 is 5.73 Å². The van der Waals surface area contributed by atoms with Gasteiger partial charge in [-0.1, -0.05) is 0 Å². The van der Waals surface area contributed by atoms with Gasteiger partial charge in [0.15, 0.2) is 0 Å². The van der Waals surface area contributed by atoms with Crippen molar-refractivity contribution in [3.63, 3.8) is 0 Å². The van der Waals surface area contributed by atoms with Crippen LogP contribution in [0.5, 0.6) is 0 Å². The Labute approximate surface area is 107 Å². The Kier molecular flexibility index (Phi) is 3.26. The molecule has 2 rings (SSSR count). The first-order chi connectivity index (χ1) is 8.42. The molecule has 1 aliphatic heterocycles. The van der Waals surface area contributed by atoms with Gasteiger partial charge in [0.1, 0.15) is 5.60 Å². The minimum atomic E-state index is -0.497. The summed E-state index contributed by atoms with van der Waals surface area (Å²) in [5.74, 6) is 0. The van der Waals surface area contributed by atoms with Crippen molar-refractivity contribution in [3.05, 3.63) is 29.6 Å². The van der Waals surface area contributed by atoms with E-state index in [-0.39, 0.29) is 12.1 Å². The summed E-state index contributed by atoms with van der Waals surface area (Å²) in [6.45, 7) is 6.46. The lowest BCUT2D eigenvalue weighted by molar-refractivity contribution is 0.0179. The van der Waals surface area contributed by atoms with Crippen molar-refractivity contribution in [2.75, 3.05) is 6.54 Å². The Morgan fingerprint density at radius 1 is 1.61 bits per heavy atom. The molecule has 0 saturated heterocycles. The van der Waals surface area contributed by atoms with E-state index in [4.69, 9.17) is 10.5 Å². The van der Waals surface area contributed by atoms with Gasteiger partial charge in [-0.25, -0.2) is 4.79 Å². The summed E-state index contributed by atoms with van der Waals surface area (Å²) in [5.41, 5.74) is 7.38. The van der Waals surface area contributed by atoms with Crippen LogP contribution in [0.3, 0.4) is 0 Å². The second-order valence-electron chi connectivity index (χ2n) is 5.43. The highest BCUT2D eigenvalue weighted by Gasteiger charge is 2.35. The van der Waals surface area contributed by atoms with Crippen molar-refractivity contribution in [1.82, 2.24) is 9.88 Å². The largest absolute Gasteiger partial charge is 0.444 e. The molecule has 1 aromatic heterocycles. The summed E-state index contributed by atoms with van der Waals surface area (Å²) in [6.07, 6.45) is 3.18. The minimum Gasteiger partial charge on any atom is -0.444 e. The molecule has 0 spiro atoms. The maximum absolute atomic E-state index is 12.1. The SMILES string of the molecule is CC(C)(C)OC(=O)N1Cc2cnccc2C1CN. The molecule has 0 aromatic carbocycles. The van der Waals surface area contributed by atoms with E-state index in [0.717, 1.165) is 11.1 Å². The fourth-order valence-electron chi connectivity index (χ4n) is 2.12. The molecule has 5 nitrogen and oxygen atoms in total. The fraction of sp³-hybridized carbons (Fsp3) is 0.538. The summed E-state index contributed by atoms with van der Waals surface area (Å²) in [4.78, 5) is 17.9. The van der Waals surface area contributed by atoms with E-state index >= 15 is 0 Å². The van der Waals surface area contributed by atoms with Gasteiger partial charge in [0.2, 0.25) is 0 Å². The highest BCUT2D eigenvalue weighted by Crippen LogP contribution is 2.33. The number of hydrogen-bond donors (Lipinski definition) is 1. The Morgan fingerprint density at radius 3 is 2.94 bits per heavy atom. The highest BCUT2D eigenvalue weighted by atomic mass is 16.6. The molecule has 2 heterocycles. The van der Waals surface area contributed by atoms with Crippen molar-refractivity contribution in [1.29, 1.82) is 0 Å². The summed E-state index contributed by atoms with van der Waals surface area (Å²) >= 11 is 0. The molecule has 1 aromatic rings. The maximum Gasteiger partial charge on any atom is 0.411 e. The smallest absolute Gasteiger partial charge is 0.411 e. The molecular weight excluding hydrogens is 230 g/mol. The van der Waals surface area contributed by atoms with Crippen molar-refractivity contribution in [3.8, 4) is 0 Å². The number of carbonyl (C=O) groups is 1. The number of ether oxygens (including phenoxy) is 1. The first kappa shape index (κ1) is 12.8. The van der Waals surface area contributed by atoms with Gasteiger partial charge in [-0.2, -0.15) is 0 Å². The normalized spacial score (nSPS) is 18.7. The topological polar surface area (TPSA) is 68.5 Å². The molecule has 0 aliphatic carbocycles. The van der Waals surface area contributed by atoms with Crippen LogP contribution in [0.1, 0.15) is 37.9 Å². The predicted octanol–water partition coefficient (Wildman–Crippen LogP) is 1.83. The third-order valence-electron chi connectivity index (χ3n) is 2.87. The number of pyridine rings is 1. The van der Waals surface area contributed by atoms with Crippen LogP contribution in [-0.2, 0) is 11.3 Å². The number of rotatable bonds is 1. The third kappa shape index (κ3) is 2.46. The molecule has 0 bridgehead atoms. The summed E-state index contributed by atoms with van der Waals surface area (Å²) in [7, 11) is 0. The lowest BCUT2D eigenvalue weighted by atomic mass is 10.1. The fourth-order valence-corrected chi connectivity index (χ4v) is 2.12. The molecular formula is C13H19N3O2. The van der Waals surface area contributed by atoms with E-state index in [0.29, 0.717) is 13.1 Å². The quantitative estimate of drug-likeness (QED) is 0.824. The Balaban J connectivity index is 2.20. The maximum atomic E-state index is 12.1. The first-order valence-electron chi connectivity index (χ1n) is 6.05. The van der Waals surface area contributed by atoms with E-state index in [9.17, 15) is 4.79 Å². The average molecular weight is 249 g/mol. The van der Waals surface area contributed by atoms with E-state index < -0.39 is 5.60 Å². The monoisotopic (exact) mass is 249 g/mol. The van der Waals surface area contributed by atoms with Gasteiger partial charge in [0.05, 0.1) is 12.6 Å². The average Bonchev–Trinajstić information content (AvgIpc) is 2.65. The molecule has 0 radical (unpaired) electrons. The zero-order valence-electron chi connectivity index (χ0n) is 11.0. The van der Waals surface area contributed by atoms with E-state index in [1.807, 2.05) is 26.8 Å². The molecule has 1 amide bonds. The Bertz CT molecular complexity index is 454. The van der Waals surface area contributed by atoms with Crippen LogP contribution in [-0.4, -0.2) is 28.1 Å². The number of hydrogen-bond acceptors (Lipinski definition) is 4. The Morgan fingerprint density at radius 2 is 2.33 bits per heavy atom. The van der Waals surface area contributed by atoms with Crippen LogP contribution in [0.15, 0.2) is 18.5 Å². The standard InChI is InChI=1S/C13H19N3O2/c1-13(2,3)18-12(17)16-8-9-7-15-5-4-10(9)11(16)6-14/h4-5,7,11H,6,8,14H2,1-3H3. The number of amides is 1. The number of aromatic nitrogens is 1. The van der Waals surface area contributed by atoms with Crippen molar-refractivity contribution in [2.45, 2.75) is 39.0 Å². The second kappa shape index (κ2) is 4.57. The second-order valence-corrected chi connectivity index (χ2v) is 5.43. The lowest BCUT2D eigenvalue weighted by Crippen LogP contribution is -2.38. The molecule has 1 aliphatic rings. The number of fused-ring (bicyclic) bond motifs is 1. The van der Waals surface area contributed by atoms with Crippen molar-refractivity contribution in [2.24, 2.45) is 5.73 Å². The van der Waals surface area contributed by atoms with Crippen LogP contribution in [0.25, 0.3) is 0 Å². The third-order valence-corrected chi connectivity index (χ3v) is 2.87. The van der Waals surface area contributed by atoms with Gasteiger partial charge in [-0.05, 0) is 38.0 Å². The van der Waals surface area contributed by atoms with Crippen LogP contribution in [0, 0.1) is 0 Å². The van der Waals surface area contributed by atoms with Crippen LogP contribution in [0.2, 0.25) is 0 Å². The van der Waals surface area contributed by atoms with E-state index in [1.165, 1.54) is 0 Å². The Hall–Kier alpha value is -1.62. The highest BCUT2D eigenvalue weighted by molar-refractivity contribution is 5.70. The molecule has 0 saturated carbocycles. The molecule has 18 heavy (non-hydrogen) atoms. The zero-order chi connectivity index (χ0) is 13.3. The van der Waals surface area contributed by atoms with Crippen LogP contribution >= 0.6 is 0 Å². The van der Waals surface area contributed by atoms with Crippen LogP contribution in [0.4, 0.5) is 4.79 Å². The predicted molar refractivity (Wildman–Crippen MR) is 67.8 cm³/mol. The molecule has 0 fully saturated rings. The van der Waals surface area contributed by atoms with Gasteiger partial charge < -0.3 is 10.5 Å². The van der Waals surface area contributed by atoms with Gasteiger partial charge in [-0.15, -0.1) is 0 Å². The minimum absolute atomic E-state index is 0.113. The number of nitrogens with two attached hydrogens (primary N) is 1. The molecule has 5 heteroatoms. The zero-order valence-corrected chi connectivity index (χ0v) is 11.0. The van der Waals surface area contributed by atoms with Crippen molar-refractivity contribution < 1.29 is 9.53 Å². The summed E-state index contributed by atoms with van der Waals surface area (Å²) < 4.78 is 5.40. The number of nitrogens with zero attached hydrogens (tertiary/aromatic N) is 2.